The molecule has 2 N–H and O–H groups in total. The van der Waals surface area contributed by atoms with Gasteiger partial charge >= 0.3 is 12.1 Å². The first kappa shape index (κ1) is 35.7. The van der Waals surface area contributed by atoms with Crippen LogP contribution in [-0.2, 0) is 23.9 Å². The summed E-state index contributed by atoms with van der Waals surface area (Å²) in [4.78, 5) is 54.4. The Balaban J connectivity index is 3.52. The fraction of sp³-hybridized carbons (Fsp3) is 0.625. The summed E-state index contributed by atoms with van der Waals surface area (Å²) in [5, 5.41) is 5.61. The van der Waals surface area contributed by atoms with Crippen molar-refractivity contribution >= 4 is 30.0 Å². The van der Waals surface area contributed by atoms with Gasteiger partial charge in [-0.1, -0.05) is 77.3 Å². The van der Waals surface area contributed by atoms with Gasteiger partial charge < -0.3 is 25.0 Å². The molecule has 1 aromatic rings. The highest BCUT2D eigenvalue weighted by atomic mass is 16.6. The zero-order valence-corrected chi connectivity index (χ0v) is 26.1. The minimum absolute atomic E-state index is 0.0130. The third-order valence-corrected chi connectivity index (χ3v) is 6.64. The maximum atomic E-state index is 14.3. The van der Waals surface area contributed by atoms with Crippen LogP contribution in [0.3, 0.4) is 0 Å². The number of carbonyl (C=O) groups is 4. The van der Waals surface area contributed by atoms with Crippen LogP contribution in [0.25, 0.3) is 6.08 Å². The smallest absolute Gasteiger partial charge is 0.408 e. The SMILES string of the molecule is C=Cc1cccc(C(C(=O)NCCC(=O)OCC)N(CCCCCC)C(=O)C(NC(=O)OC(C)(C)C)C(C)CC)c1. The van der Waals surface area contributed by atoms with Crippen LogP contribution < -0.4 is 10.6 Å². The molecule has 0 aliphatic rings. The maximum absolute atomic E-state index is 14.3. The van der Waals surface area contributed by atoms with Gasteiger partial charge in [-0.25, -0.2) is 4.79 Å². The van der Waals surface area contributed by atoms with E-state index in [1.54, 1.807) is 44.7 Å². The molecule has 0 spiro atoms. The van der Waals surface area contributed by atoms with Crippen LogP contribution in [-0.4, -0.2) is 60.1 Å². The van der Waals surface area contributed by atoms with Gasteiger partial charge in [0.25, 0.3) is 0 Å². The predicted octanol–water partition coefficient (Wildman–Crippen LogP) is 5.79. The molecule has 3 amide bonds. The van der Waals surface area contributed by atoms with E-state index in [4.69, 9.17) is 9.47 Å². The first-order valence-corrected chi connectivity index (χ1v) is 14.8. The Hall–Kier alpha value is -3.36. The quantitative estimate of drug-likeness (QED) is 0.180. The van der Waals surface area contributed by atoms with Crippen molar-refractivity contribution in [2.45, 2.75) is 105 Å². The number of nitrogens with zero attached hydrogens (tertiary/aromatic N) is 1. The summed E-state index contributed by atoms with van der Waals surface area (Å²) in [6.45, 7) is 17.4. The van der Waals surface area contributed by atoms with Crippen molar-refractivity contribution in [3.63, 3.8) is 0 Å². The van der Waals surface area contributed by atoms with Crippen molar-refractivity contribution in [3.05, 3.63) is 42.0 Å². The summed E-state index contributed by atoms with van der Waals surface area (Å²) in [6, 6.07) is 5.42. The Bertz CT molecular complexity index is 1000. The number of nitrogens with one attached hydrogen (secondary N) is 2. The monoisotopic (exact) mass is 573 g/mol. The van der Waals surface area contributed by atoms with Crippen LogP contribution in [0.4, 0.5) is 4.79 Å². The first-order valence-electron chi connectivity index (χ1n) is 14.8. The van der Waals surface area contributed by atoms with E-state index in [0.717, 1.165) is 24.8 Å². The lowest BCUT2D eigenvalue weighted by atomic mass is 9.95. The molecule has 9 nitrogen and oxygen atoms in total. The summed E-state index contributed by atoms with van der Waals surface area (Å²) in [5.41, 5.74) is 0.676. The molecule has 0 fully saturated rings. The number of ether oxygens (including phenoxy) is 2. The first-order chi connectivity index (χ1) is 19.4. The van der Waals surface area contributed by atoms with E-state index in [-0.39, 0.29) is 31.4 Å². The van der Waals surface area contributed by atoms with Crippen molar-refractivity contribution in [3.8, 4) is 0 Å². The molecule has 1 rings (SSSR count). The van der Waals surface area contributed by atoms with Crippen LogP contribution in [0.15, 0.2) is 30.8 Å². The average molecular weight is 574 g/mol. The molecule has 0 bridgehead atoms. The number of esters is 1. The van der Waals surface area contributed by atoms with Crippen molar-refractivity contribution in [1.29, 1.82) is 0 Å². The minimum atomic E-state index is -0.988. The Morgan fingerprint density at radius 3 is 2.37 bits per heavy atom. The van der Waals surface area contributed by atoms with Gasteiger partial charge in [0, 0.05) is 13.1 Å². The Kier molecular flexibility index (Phi) is 15.8. The second-order valence-corrected chi connectivity index (χ2v) is 11.2. The predicted molar refractivity (Wildman–Crippen MR) is 162 cm³/mol. The lowest BCUT2D eigenvalue weighted by Gasteiger charge is -2.36. The summed E-state index contributed by atoms with van der Waals surface area (Å²) < 4.78 is 10.5. The molecule has 0 saturated carbocycles. The molecule has 9 heteroatoms. The highest BCUT2D eigenvalue weighted by molar-refractivity contribution is 5.92. The standard InChI is InChI=1S/C32H51N3O6/c1-9-13-14-15-21-35(30(38)27(23(5)10-2)34-31(39)41-32(6,7)8)28(25-18-16-17-24(11-3)22-25)29(37)33-20-19-26(36)40-12-4/h11,16-18,22-23,27-28H,3,9-10,12-15,19-21H2,1-2,4-8H3,(H,33,37)(H,34,39). The van der Waals surface area contributed by atoms with E-state index in [1.807, 2.05) is 32.0 Å². The normalized spacial score (nSPS) is 13.3. The maximum Gasteiger partial charge on any atom is 0.408 e. The molecular formula is C32H51N3O6. The van der Waals surface area contributed by atoms with Crippen molar-refractivity contribution in [1.82, 2.24) is 15.5 Å². The molecular weight excluding hydrogens is 522 g/mol. The van der Waals surface area contributed by atoms with Crippen molar-refractivity contribution < 1.29 is 28.7 Å². The van der Waals surface area contributed by atoms with Gasteiger partial charge in [0.2, 0.25) is 11.8 Å². The Morgan fingerprint density at radius 1 is 1.07 bits per heavy atom. The third-order valence-electron chi connectivity index (χ3n) is 6.64. The molecule has 0 radical (unpaired) electrons. The molecule has 230 valence electrons. The van der Waals surface area contributed by atoms with Gasteiger partial charge in [-0.2, -0.15) is 0 Å². The van der Waals surface area contributed by atoms with Crippen LogP contribution in [0, 0.1) is 5.92 Å². The van der Waals surface area contributed by atoms with Crippen molar-refractivity contribution in [2.24, 2.45) is 5.92 Å². The van der Waals surface area contributed by atoms with Crippen molar-refractivity contribution in [2.75, 3.05) is 19.7 Å². The van der Waals surface area contributed by atoms with Crippen LogP contribution >= 0.6 is 0 Å². The topological polar surface area (TPSA) is 114 Å². The van der Waals surface area contributed by atoms with Gasteiger partial charge in [0.15, 0.2) is 0 Å². The summed E-state index contributed by atoms with van der Waals surface area (Å²) >= 11 is 0. The Morgan fingerprint density at radius 2 is 1.78 bits per heavy atom. The number of unbranched alkanes of at least 4 members (excludes halogenated alkanes) is 3. The second-order valence-electron chi connectivity index (χ2n) is 11.2. The number of carbonyl (C=O) groups excluding carboxylic acids is 4. The van der Waals surface area contributed by atoms with Gasteiger partial charge in [0.05, 0.1) is 13.0 Å². The molecule has 0 aliphatic carbocycles. The van der Waals surface area contributed by atoms with E-state index < -0.39 is 35.7 Å². The highest BCUT2D eigenvalue weighted by Crippen LogP contribution is 2.26. The molecule has 0 saturated heterocycles. The number of alkyl carbamates (subject to hydrolysis) is 1. The van der Waals surface area contributed by atoms with Gasteiger partial charge in [0.1, 0.15) is 17.7 Å². The highest BCUT2D eigenvalue weighted by Gasteiger charge is 2.38. The fourth-order valence-corrected chi connectivity index (χ4v) is 4.32. The molecule has 41 heavy (non-hydrogen) atoms. The molecule has 0 aromatic heterocycles. The summed E-state index contributed by atoms with van der Waals surface area (Å²) in [6.07, 6.45) is 5.21. The Labute approximate surface area is 246 Å². The zero-order chi connectivity index (χ0) is 31.0. The van der Waals surface area contributed by atoms with E-state index in [9.17, 15) is 19.2 Å². The van der Waals surface area contributed by atoms with E-state index in [2.05, 4.69) is 24.1 Å². The number of benzene rings is 1. The van der Waals surface area contributed by atoms with E-state index in [0.29, 0.717) is 24.9 Å². The molecule has 0 heterocycles. The second kappa shape index (κ2) is 18.1. The van der Waals surface area contributed by atoms with E-state index >= 15 is 0 Å². The fourth-order valence-electron chi connectivity index (χ4n) is 4.32. The number of amides is 3. The van der Waals surface area contributed by atoms with Gasteiger partial charge in [-0.15, -0.1) is 0 Å². The lowest BCUT2D eigenvalue weighted by Crippen LogP contribution is -2.55. The summed E-state index contributed by atoms with van der Waals surface area (Å²) in [7, 11) is 0. The average Bonchev–Trinajstić information content (AvgIpc) is 2.91. The molecule has 3 atom stereocenters. The van der Waals surface area contributed by atoms with Crippen LogP contribution in [0.2, 0.25) is 0 Å². The van der Waals surface area contributed by atoms with Crippen LogP contribution in [0.1, 0.15) is 104 Å². The largest absolute Gasteiger partial charge is 0.466 e. The molecule has 1 aromatic carbocycles. The molecule has 3 unspecified atom stereocenters. The summed E-state index contributed by atoms with van der Waals surface area (Å²) in [5.74, 6) is -1.42. The number of hydrogen-bond donors (Lipinski definition) is 2. The van der Waals surface area contributed by atoms with Gasteiger partial charge in [-0.05, 0) is 57.2 Å². The number of hydrogen-bond acceptors (Lipinski definition) is 6. The molecule has 0 aliphatic heterocycles. The van der Waals surface area contributed by atoms with Crippen LogP contribution in [0.5, 0.6) is 0 Å². The lowest BCUT2D eigenvalue weighted by molar-refractivity contribution is -0.145. The minimum Gasteiger partial charge on any atom is -0.466 e. The number of rotatable bonds is 17. The third kappa shape index (κ3) is 12.8. The van der Waals surface area contributed by atoms with Gasteiger partial charge in [-0.3, -0.25) is 14.4 Å². The zero-order valence-electron chi connectivity index (χ0n) is 26.1. The van der Waals surface area contributed by atoms with E-state index in [1.165, 1.54) is 0 Å².